The van der Waals surface area contributed by atoms with Crippen LogP contribution >= 0.6 is 0 Å². The Bertz CT molecular complexity index is 192. The van der Waals surface area contributed by atoms with Gasteiger partial charge in [-0.15, -0.1) is 0 Å². The maximum atomic E-state index is 11.3. The average molecular weight is 160 g/mol. The van der Waals surface area contributed by atoms with E-state index < -0.39 is 11.4 Å². The molecule has 1 aliphatic rings. The first-order valence-corrected chi connectivity index (χ1v) is 3.59. The van der Waals surface area contributed by atoms with Gasteiger partial charge in [0.1, 0.15) is 6.10 Å². The minimum absolute atomic E-state index is 0.0238. The molecule has 1 atom stereocenters. The van der Waals surface area contributed by atoms with Crippen LogP contribution in [-0.2, 0) is 9.53 Å². The molecule has 1 aliphatic heterocycles. The van der Waals surface area contributed by atoms with Crippen LogP contribution in [0.5, 0.6) is 0 Å². The van der Waals surface area contributed by atoms with E-state index in [0.29, 0.717) is 12.8 Å². The van der Waals surface area contributed by atoms with Crippen molar-refractivity contribution in [2.45, 2.75) is 32.7 Å². The minimum atomic E-state index is -0.931. The summed E-state index contributed by atoms with van der Waals surface area (Å²) in [6.07, 6.45) is 0.514. The molecule has 0 radical (unpaired) electrons. The second-order valence-electron chi connectivity index (χ2n) is 3.02. The summed E-state index contributed by atoms with van der Waals surface area (Å²) in [4.78, 5) is 11.3. The molecule has 0 aromatic rings. The molecule has 11 heavy (non-hydrogen) atoms. The van der Waals surface area contributed by atoms with Crippen LogP contribution in [0.1, 0.15) is 29.4 Å². The monoisotopic (exact) mass is 160 g/mol. The molecule has 3 nitrogen and oxygen atoms in total. The van der Waals surface area contributed by atoms with E-state index >= 15 is 0 Å². The smallest absolute Gasteiger partial charge is 0.311 e. The van der Waals surface area contributed by atoms with Gasteiger partial charge in [0, 0.05) is 22.2 Å². The van der Waals surface area contributed by atoms with Gasteiger partial charge in [0.15, 0.2) is 0 Å². The predicted octanol–water partition coefficient (Wildman–Crippen LogP) is 0.710. The zero-order chi connectivity index (χ0) is 9.90. The number of rotatable bonds is 2. The molecule has 1 heterocycles. The molecule has 1 unspecified atom stereocenters. The van der Waals surface area contributed by atoms with Gasteiger partial charge in [-0.25, -0.2) is 0 Å². The molecular weight excluding hydrogens is 144 g/mol. The normalized spacial score (nSPS) is 31.0. The highest BCUT2D eigenvalue weighted by Gasteiger charge is 2.40. The summed E-state index contributed by atoms with van der Waals surface area (Å²) >= 11 is 0. The molecule has 64 valence electrons. The summed E-state index contributed by atoms with van der Waals surface area (Å²) in [5.41, 5.74) is -0.931. The third kappa shape index (κ3) is 1.71. The lowest BCUT2D eigenvalue weighted by Crippen LogP contribution is -2.16. The van der Waals surface area contributed by atoms with Crippen molar-refractivity contribution in [3.05, 3.63) is 0 Å². The highest BCUT2D eigenvalue weighted by molar-refractivity contribution is 5.78. The highest BCUT2D eigenvalue weighted by atomic mass is 16.6. The average Bonchev–Trinajstić information content (AvgIpc) is 2.44. The first-order valence-electron chi connectivity index (χ1n) is 5.00. The molecule has 1 N–H and O–H groups in total. The Morgan fingerprint density at radius 3 is 3.09 bits per heavy atom. The van der Waals surface area contributed by atoms with E-state index in [-0.39, 0.29) is 26.5 Å². The van der Waals surface area contributed by atoms with E-state index in [1.54, 1.807) is 0 Å². The number of hydrogen-bond acceptors (Lipinski definition) is 3. The fraction of sp³-hybridized carbons (Fsp3) is 0.875. The lowest BCUT2D eigenvalue weighted by Gasteiger charge is -2.09. The molecule has 0 bridgehead atoms. The summed E-state index contributed by atoms with van der Waals surface area (Å²) < 4.78 is 19.4. The largest absolute Gasteiger partial charge is 0.462 e. The summed E-state index contributed by atoms with van der Waals surface area (Å²) in [7, 11) is 0. The van der Waals surface area contributed by atoms with Gasteiger partial charge < -0.3 is 9.84 Å². The maximum Gasteiger partial charge on any atom is 0.311 e. The van der Waals surface area contributed by atoms with Crippen molar-refractivity contribution in [1.29, 1.82) is 0 Å². The number of aliphatic hydroxyl groups excluding tert-OH is 1. The van der Waals surface area contributed by atoms with Crippen molar-refractivity contribution in [2.75, 3.05) is 6.61 Å². The van der Waals surface area contributed by atoms with Crippen LogP contribution in [0, 0.1) is 5.41 Å². The first-order chi connectivity index (χ1) is 6.18. The molecule has 0 aromatic carbocycles. The minimum Gasteiger partial charge on any atom is -0.462 e. The van der Waals surface area contributed by atoms with E-state index in [9.17, 15) is 4.79 Å². The third-order valence-electron chi connectivity index (χ3n) is 1.78. The van der Waals surface area contributed by atoms with Gasteiger partial charge in [-0.3, -0.25) is 4.79 Å². The quantitative estimate of drug-likeness (QED) is 0.605. The Balaban J connectivity index is 2.63. The fourth-order valence-corrected chi connectivity index (χ4v) is 1.14. The van der Waals surface area contributed by atoms with Crippen LogP contribution < -0.4 is 0 Å². The first kappa shape index (κ1) is 6.00. The number of esters is 1. The van der Waals surface area contributed by atoms with Crippen LogP contribution in [-0.4, -0.2) is 23.8 Å². The molecule has 0 aromatic heterocycles. The molecule has 1 saturated heterocycles. The molecule has 1 fully saturated rings. The van der Waals surface area contributed by atoms with Gasteiger partial charge >= 0.3 is 5.97 Å². The summed E-state index contributed by atoms with van der Waals surface area (Å²) in [6, 6.07) is 0. The number of cyclic esters (lactones) is 1. The second kappa shape index (κ2) is 2.81. The highest BCUT2D eigenvalue weighted by Crippen LogP contribution is 2.33. The van der Waals surface area contributed by atoms with Crippen LogP contribution in [0.15, 0.2) is 0 Å². The van der Waals surface area contributed by atoms with Gasteiger partial charge in [0.2, 0.25) is 0 Å². The molecule has 3 heteroatoms. The lowest BCUT2D eigenvalue weighted by molar-refractivity contribution is -0.147. The van der Waals surface area contributed by atoms with Crippen molar-refractivity contribution >= 4 is 5.97 Å². The number of carbonyl (C=O) groups excluding carboxylic acids is 1. The van der Waals surface area contributed by atoms with Crippen LogP contribution in [0.3, 0.4) is 0 Å². The Morgan fingerprint density at radius 2 is 2.64 bits per heavy atom. The zero-order valence-electron chi connectivity index (χ0n) is 8.38. The number of aliphatic hydroxyl groups is 1. The number of carbonyl (C=O) groups is 1. The van der Waals surface area contributed by atoms with Gasteiger partial charge in [0.25, 0.3) is 0 Å². The molecule has 1 rings (SSSR count). The Labute approximate surface area is 69.2 Å². The van der Waals surface area contributed by atoms with Crippen LogP contribution in [0.2, 0.25) is 0 Å². The van der Waals surface area contributed by atoms with E-state index in [2.05, 4.69) is 0 Å². The van der Waals surface area contributed by atoms with Crippen LogP contribution in [0.25, 0.3) is 0 Å². The van der Waals surface area contributed by atoms with Crippen molar-refractivity contribution in [2.24, 2.45) is 5.41 Å². The standard InChI is InChI=1S/C8H14O3/c1-8(2)5-6(3-4-9)11-7(8)10/h6,9H,3-5H2,1-2H3/i1D,2D. The topological polar surface area (TPSA) is 46.5 Å². The van der Waals surface area contributed by atoms with Crippen molar-refractivity contribution in [3.8, 4) is 0 Å². The Kier molecular flexibility index (Phi) is 1.54. The molecular formula is C8H14O3. The van der Waals surface area contributed by atoms with Gasteiger partial charge in [-0.2, -0.15) is 0 Å². The molecule has 0 aliphatic carbocycles. The van der Waals surface area contributed by atoms with Gasteiger partial charge in [-0.1, -0.05) is 0 Å². The fourth-order valence-electron chi connectivity index (χ4n) is 1.14. The SMILES string of the molecule is [2H]CC1(C[2H])CC(CCO)OC1=O. The van der Waals surface area contributed by atoms with E-state index in [1.807, 2.05) is 0 Å². The van der Waals surface area contributed by atoms with Crippen molar-refractivity contribution in [3.63, 3.8) is 0 Å². The van der Waals surface area contributed by atoms with E-state index in [0.717, 1.165) is 0 Å². The lowest BCUT2D eigenvalue weighted by atomic mass is 9.89. The predicted molar refractivity (Wildman–Crippen MR) is 40.0 cm³/mol. The summed E-state index contributed by atoms with van der Waals surface area (Å²) in [5, 5.41) is 8.64. The second-order valence-corrected chi connectivity index (χ2v) is 3.02. The van der Waals surface area contributed by atoms with Crippen LogP contribution in [0.4, 0.5) is 0 Å². The van der Waals surface area contributed by atoms with E-state index in [1.165, 1.54) is 0 Å². The van der Waals surface area contributed by atoms with E-state index in [4.69, 9.17) is 12.6 Å². The van der Waals surface area contributed by atoms with Crippen molar-refractivity contribution in [1.82, 2.24) is 0 Å². The Hall–Kier alpha value is -0.570. The molecule has 0 amide bonds. The number of ether oxygens (including phenoxy) is 1. The van der Waals surface area contributed by atoms with Gasteiger partial charge in [0.05, 0.1) is 5.41 Å². The van der Waals surface area contributed by atoms with Crippen molar-refractivity contribution < 1.29 is 17.4 Å². The third-order valence-corrected chi connectivity index (χ3v) is 1.78. The number of hydrogen-bond donors (Lipinski definition) is 1. The summed E-state index contributed by atoms with van der Waals surface area (Å²) in [6.45, 7) is -0.224. The Morgan fingerprint density at radius 1 is 1.91 bits per heavy atom. The summed E-state index contributed by atoms with van der Waals surface area (Å²) in [5.74, 6) is -0.448. The molecule has 0 saturated carbocycles. The molecule has 0 spiro atoms. The zero-order valence-corrected chi connectivity index (χ0v) is 6.38. The maximum absolute atomic E-state index is 11.3. The van der Waals surface area contributed by atoms with Gasteiger partial charge in [-0.05, 0) is 13.8 Å².